The summed E-state index contributed by atoms with van der Waals surface area (Å²) in [5.41, 5.74) is 3.93. The van der Waals surface area contributed by atoms with Crippen LogP contribution in [0.2, 0.25) is 0 Å². The van der Waals surface area contributed by atoms with Crippen molar-refractivity contribution >= 4 is 17.5 Å². The standard InChI is InChI=1S/C25H19NO3/c1-25-21-16-10-4-2-8-14(16)20(15-9-3-5-11-17(15)21)22(25)23(28)26(24(25)29)18-12-6-7-13-19(18)27/h2-13,20-22,27H,1H3. The van der Waals surface area contributed by atoms with Crippen LogP contribution in [0.15, 0.2) is 72.8 Å². The number of phenols is 1. The highest BCUT2D eigenvalue weighted by atomic mass is 16.3. The molecule has 1 aliphatic heterocycles. The predicted molar refractivity (Wildman–Crippen MR) is 109 cm³/mol. The molecule has 142 valence electrons. The summed E-state index contributed by atoms with van der Waals surface area (Å²) in [4.78, 5) is 28.8. The van der Waals surface area contributed by atoms with E-state index < -0.39 is 11.3 Å². The summed E-state index contributed by atoms with van der Waals surface area (Å²) in [6, 6.07) is 22.9. The van der Waals surface area contributed by atoms with E-state index >= 15 is 0 Å². The van der Waals surface area contributed by atoms with Crippen molar-refractivity contribution in [3.8, 4) is 5.75 Å². The molecule has 4 aliphatic rings. The van der Waals surface area contributed by atoms with Crippen LogP contribution in [0.3, 0.4) is 0 Å². The highest BCUT2D eigenvalue weighted by Crippen LogP contribution is 2.67. The van der Waals surface area contributed by atoms with Crippen molar-refractivity contribution < 1.29 is 14.7 Å². The number of hydrogen-bond acceptors (Lipinski definition) is 3. The van der Waals surface area contributed by atoms with E-state index in [2.05, 4.69) is 24.3 Å². The third-order valence-electron chi connectivity index (χ3n) is 7.14. The van der Waals surface area contributed by atoms with Gasteiger partial charge in [-0.2, -0.15) is 0 Å². The first-order chi connectivity index (χ1) is 14.0. The fraction of sp³-hybridized carbons (Fsp3) is 0.200. The van der Waals surface area contributed by atoms with Gasteiger partial charge in [0, 0.05) is 11.8 Å². The van der Waals surface area contributed by atoms with Crippen LogP contribution in [0, 0.1) is 11.3 Å². The number of hydrogen-bond donors (Lipinski definition) is 1. The summed E-state index contributed by atoms with van der Waals surface area (Å²) < 4.78 is 0. The van der Waals surface area contributed by atoms with E-state index in [1.807, 2.05) is 31.2 Å². The van der Waals surface area contributed by atoms with Crippen LogP contribution in [-0.4, -0.2) is 16.9 Å². The van der Waals surface area contributed by atoms with Gasteiger partial charge in [-0.3, -0.25) is 9.59 Å². The Hall–Kier alpha value is -3.40. The van der Waals surface area contributed by atoms with Gasteiger partial charge in [0.05, 0.1) is 17.0 Å². The second kappa shape index (κ2) is 5.35. The first-order valence-electron chi connectivity index (χ1n) is 9.89. The van der Waals surface area contributed by atoms with E-state index in [4.69, 9.17) is 0 Å². The summed E-state index contributed by atoms with van der Waals surface area (Å²) in [6.45, 7) is 1.93. The maximum absolute atomic E-state index is 13.8. The van der Waals surface area contributed by atoms with Crippen molar-refractivity contribution in [2.45, 2.75) is 18.8 Å². The third kappa shape index (κ3) is 1.80. The van der Waals surface area contributed by atoms with Crippen LogP contribution in [0.25, 0.3) is 0 Å². The Morgan fingerprint density at radius 3 is 1.90 bits per heavy atom. The van der Waals surface area contributed by atoms with Crippen molar-refractivity contribution in [1.29, 1.82) is 0 Å². The second-order valence-electron chi connectivity index (χ2n) is 8.40. The first-order valence-corrected chi connectivity index (χ1v) is 9.89. The number of aromatic hydroxyl groups is 1. The van der Waals surface area contributed by atoms with Gasteiger partial charge in [-0.15, -0.1) is 0 Å². The molecule has 7 rings (SSSR count). The molecule has 0 radical (unpaired) electrons. The molecule has 1 heterocycles. The molecule has 4 nitrogen and oxygen atoms in total. The number of carbonyl (C=O) groups excluding carboxylic acids is 2. The zero-order valence-electron chi connectivity index (χ0n) is 15.9. The Kier molecular flexibility index (Phi) is 3.05. The molecule has 1 fully saturated rings. The lowest BCUT2D eigenvalue weighted by Gasteiger charge is -2.51. The van der Waals surface area contributed by atoms with Crippen molar-refractivity contribution in [3.05, 3.63) is 95.1 Å². The molecule has 29 heavy (non-hydrogen) atoms. The molecule has 4 heteroatoms. The van der Waals surface area contributed by atoms with Gasteiger partial charge in [0.2, 0.25) is 11.8 Å². The summed E-state index contributed by atoms with van der Waals surface area (Å²) >= 11 is 0. The molecule has 1 N–H and O–H groups in total. The van der Waals surface area contributed by atoms with Gasteiger partial charge in [-0.1, -0.05) is 60.7 Å². The van der Waals surface area contributed by atoms with E-state index in [0.717, 1.165) is 22.3 Å². The fourth-order valence-electron chi connectivity index (χ4n) is 6.00. The average molecular weight is 381 g/mol. The highest BCUT2D eigenvalue weighted by molar-refractivity contribution is 6.25. The number of carbonyl (C=O) groups is 2. The minimum absolute atomic E-state index is 0.0566. The van der Waals surface area contributed by atoms with Crippen LogP contribution in [-0.2, 0) is 9.59 Å². The molecule has 2 amide bonds. The minimum Gasteiger partial charge on any atom is -0.506 e. The van der Waals surface area contributed by atoms with Crippen molar-refractivity contribution in [3.63, 3.8) is 0 Å². The Balaban J connectivity index is 1.64. The van der Waals surface area contributed by atoms with E-state index in [1.54, 1.807) is 18.2 Å². The predicted octanol–water partition coefficient (Wildman–Crippen LogP) is 4.18. The molecule has 0 aromatic heterocycles. The fourth-order valence-corrected chi connectivity index (χ4v) is 6.00. The third-order valence-corrected chi connectivity index (χ3v) is 7.14. The van der Waals surface area contributed by atoms with E-state index in [9.17, 15) is 14.7 Å². The molecule has 2 unspecified atom stereocenters. The number of amides is 2. The maximum atomic E-state index is 13.8. The van der Waals surface area contributed by atoms with Crippen molar-refractivity contribution in [2.24, 2.45) is 11.3 Å². The van der Waals surface area contributed by atoms with Crippen LogP contribution in [0.1, 0.15) is 41.0 Å². The molecular weight excluding hydrogens is 362 g/mol. The van der Waals surface area contributed by atoms with Gasteiger partial charge < -0.3 is 5.11 Å². The molecule has 3 aromatic carbocycles. The van der Waals surface area contributed by atoms with Gasteiger partial charge in [0.15, 0.2) is 0 Å². The molecular formula is C25H19NO3. The van der Waals surface area contributed by atoms with Gasteiger partial charge >= 0.3 is 0 Å². The summed E-state index contributed by atoms with van der Waals surface area (Å²) in [5.74, 6) is -1.34. The number of anilines is 1. The molecule has 0 spiro atoms. The first kappa shape index (κ1) is 16.5. The molecule has 3 aromatic rings. The topological polar surface area (TPSA) is 57.6 Å². The van der Waals surface area contributed by atoms with Gasteiger partial charge in [0.1, 0.15) is 5.75 Å². The van der Waals surface area contributed by atoms with Crippen LogP contribution >= 0.6 is 0 Å². The monoisotopic (exact) mass is 381 g/mol. The SMILES string of the molecule is CC12C(=O)N(c3ccccc3O)C(=O)C1C1c3ccccc3C2c2ccccc21. The second-order valence-corrected chi connectivity index (χ2v) is 8.40. The molecule has 2 atom stereocenters. The molecule has 1 saturated heterocycles. The maximum Gasteiger partial charge on any atom is 0.241 e. The number of benzene rings is 3. The lowest BCUT2D eigenvalue weighted by molar-refractivity contribution is -0.128. The van der Waals surface area contributed by atoms with E-state index in [1.165, 1.54) is 11.0 Å². The van der Waals surface area contributed by atoms with E-state index in [-0.39, 0.29) is 35.1 Å². The smallest absolute Gasteiger partial charge is 0.241 e. The van der Waals surface area contributed by atoms with Crippen LogP contribution in [0.5, 0.6) is 5.75 Å². The Bertz CT molecular complexity index is 1170. The average Bonchev–Trinajstić information content (AvgIpc) is 2.95. The Morgan fingerprint density at radius 1 is 0.793 bits per heavy atom. The van der Waals surface area contributed by atoms with Crippen LogP contribution < -0.4 is 4.90 Å². The number of para-hydroxylation sites is 2. The largest absolute Gasteiger partial charge is 0.506 e. The normalized spacial score (nSPS) is 28.9. The molecule has 3 aliphatic carbocycles. The van der Waals surface area contributed by atoms with Crippen LogP contribution in [0.4, 0.5) is 5.69 Å². The molecule has 2 bridgehead atoms. The molecule has 0 saturated carbocycles. The minimum atomic E-state index is -0.882. The van der Waals surface area contributed by atoms with Gasteiger partial charge in [-0.25, -0.2) is 4.90 Å². The summed E-state index contributed by atoms with van der Waals surface area (Å²) in [6.07, 6.45) is 0. The lowest BCUT2D eigenvalue weighted by atomic mass is 9.48. The zero-order chi connectivity index (χ0) is 19.9. The zero-order valence-corrected chi connectivity index (χ0v) is 15.9. The van der Waals surface area contributed by atoms with Gasteiger partial charge in [0.25, 0.3) is 0 Å². The highest BCUT2D eigenvalue weighted by Gasteiger charge is 2.69. The van der Waals surface area contributed by atoms with E-state index in [0.29, 0.717) is 0 Å². The Morgan fingerprint density at radius 2 is 1.31 bits per heavy atom. The summed E-state index contributed by atoms with van der Waals surface area (Å²) in [5, 5.41) is 10.4. The number of rotatable bonds is 1. The summed E-state index contributed by atoms with van der Waals surface area (Å²) in [7, 11) is 0. The quantitative estimate of drug-likeness (QED) is 0.644. The Labute approximate surface area is 168 Å². The lowest BCUT2D eigenvalue weighted by Crippen LogP contribution is -2.49. The number of phenolic OH excluding ortho intramolecular Hbond substituents is 1. The number of imide groups is 1. The number of nitrogens with zero attached hydrogens (tertiary/aromatic N) is 1. The van der Waals surface area contributed by atoms with Crippen molar-refractivity contribution in [1.82, 2.24) is 0 Å². The van der Waals surface area contributed by atoms with Gasteiger partial charge in [-0.05, 0) is 41.3 Å². The van der Waals surface area contributed by atoms with Crippen molar-refractivity contribution in [2.75, 3.05) is 4.90 Å².